The SMILES string of the molecule is CN1CCN(C(=O)CN2C(=O)SC(=Cc3ccccc3)C2=O)CC1. The smallest absolute Gasteiger partial charge is 0.294 e. The summed E-state index contributed by atoms with van der Waals surface area (Å²) in [7, 11) is 2.01. The van der Waals surface area contributed by atoms with Gasteiger partial charge in [-0.05, 0) is 30.4 Å². The van der Waals surface area contributed by atoms with Gasteiger partial charge >= 0.3 is 0 Å². The van der Waals surface area contributed by atoms with Crippen LogP contribution in [0.1, 0.15) is 5.56 Å². The Labute approximate surface area is 145 Å². The lowest BCUT2D eigenvalue weighted by atomic mass is 10.2. The molecule has 0 aromatic heterocycles. The molecule has 0 atom stereocenters. The Morgan fingerprint density at radius 1 is 1.12 bits per heavy atom. The molecular formula is C17H19N3O3S. The lowest BCUT2D eigenvalue weighted by Crippen LogP contribution is -2.50. The molecule has 0 N–H and O–H groups in total. The molecule has 3 amide bonds. The Hall–Kier alpha value is -2.12. The Bertz CT molecular complexity index is 682. The van der Waals surface area contributed by atoms with Gasteiger partial charge in [0.05, 0.1) is 4.91 Å². The van der Waals surface area contributed by atoms with E-state index in [1.807, 2.05) is 37.4 Å². The topological polar surface area (TPSA) is 60.9 Å². The predicted octanol–water partition coefficient (Wildman–Crippen LogP) is 1.50. The average Bonchev–Trinajstić information content (AvgIpc) is 2.84. The average molecular weight is 345 g/mol. The van der Waals surface area contributed by atoms with Crippen molar-refractivity contribution in [3.8, 4) is 0 Å². The largest absolute Gasteiger partial charge is 0.339 e. The molecule has 7 heteroatoms. The van der Waals surface area contributed by atoms with Crippen molar-refractivity contribution in [2.75, 3.05) is 39.8 Å². The summed E-state index contributed by atoms with van der Waals surface area (Å²) in [4.78, 5) is 42.1. The Balaban J connectivity index is 1.66. The molecule has 0 spiro atoms. The molecule has 2 heterocycles. The van der Waals surface area contributed by atoms with Crippen LogP contribution in [0.3, 0.4) is 0 Å². The van der Waals surface area contributed by atoms with Crippen LogP contribution in [0.2, 0.25) is 0 Å². The molecule has 24 heavy (non-hydrogen) atoms. The van der Waals surface area contributed by atoms with Gasteiger partial charge in [-0.2, -0.15) is 0 Å². The summed E-state index contributed by atoms with van der Waals surface area (Å²) in [6.45, 7) is 2.69. The van der Waals surface area contributed by atoms with Crippen LogP contribution in [0.4, 0.5) is 4.79 Å². The number of rotatable bonds is 3. The zero-order valence-electron chi connectivity index (χ0n) is 13.5. The molecular weight excluding hydrogens is 326 g/mol. The van der Waals surface area contributed by atoms with E-state index in [1.165, 1.54) is 0 Å². The van der Waals surface area contributed by atoms with E-state index >= 15 is 0 Å². The second kappa shape index (κ2) is 7.19. The first-order chi connectivity index (χ1) is 11.5. The quantitative estimate of drug-likeness (QED) is 0.777. The van der Waals surface area contributed by atoms with Crippen LogP contribution in [-0.2, 0) is 9.59 Å². The number of hydrogen-bond donors (Lipinski definition) is 0. The van der Waals surface area contributed by atoms with Crippen molar-refractivity contribution < 1.29 is 14.4 Å². The predicted molar refractivity (Wildman–Crippen MR) is 93.2 cm³/mol. The standard InChI is InChI=1S/C17H19N3O3S/c1-18-7-9-19(10-8-18)15(21)12-20-16(22)14(24-17(20)23)11-13-5-3-2-4-6-13/h2-6,11H,7-10,12H2,1H3. The highest BCUT2D eigenvalue weighted by Crippen LogP contribution is 2.32. The summed E-state index contributed by atoms with van der Waals surface area (Å²) in [5, 5.41) is -0.385. The van der Waals surface area contributed by atoms with Gasteiger partial charge in [-0.3, -0.25) is 19.3 Å². The van der Waals surface area contributed by atoms with Gasteiger partial charge in [-0.15, -0.1) is 0 Å². The van der Waals surface area contributed by atoms with Gasteiger partial charge in [0.25, 0.3) is 11.1 Å². The highest BCUT2D eigenvalue weighted by atomic mass is 32.2. The normalized spacial score (nSPS) is 21.0. The number of hydrogen-bond acceptors (Lipinski definition) is 5. The van der Waals surface area contributed by atoms with Crippen LogP contribution in [-0.4, -0.2) is 71.5 Å². The van der Waals surface area contributed by atoms with Crippen LogP contribution in [0.15, 0.2) is 35.2 Å². The minimum Gasteiger partial charge on any atom is -0.339 e. The molecule has 0 aliphatic carbocycles. The molecule has 126 valence electrons. The number of nitrogens with zero attached hydrogens (tertiary/aromatic N) is 3. The number of benzene rings is 1. The number of likely N-dealkylation sites (N-methyl/N-ethyl adjacent to an activating group) is 1. The molecule has 1 aromatic carbocycles. The molecule has 2 fully saturated rings. The van der Waals surface area contributed by atoms with Crippen molar-refractivity contribution >= 4 is 34.9 Å². The molecule has 2 aliphatic rings. The number of thioether (sulfide) groups is 1. The lowest BCUT2D eigenvalue weighted by Gasteiger charge is -2.33. The van der Waals surface area contributed by atoms with Gasteiger partial charge in [-0.25, -0.2) is 0 Å². The number of carbonyl (C=O) groups excluding carboxylic acids is 3. The van der Waals surface area contributed by atoms with Crippen LogP contribution in [0, 0.1) is 0 Å². The van der Waals surface area contributed by atoms with Crippen molar-refractivity contribution in [1.29, 1.82) is 0 Å². The van der Waals surface area contributed by atoms with E-state index in [1.54, 1.807) is 11.0 Å². The van der Waals surface area contributed by atoms with Crippen molar-refractivity contribution in [2.45, 2.75) is 0 Å². The molecule has 2 saturated heterocycles. The third-order valence-electron chi connectivity index (χ3n) is 4.12. The van der Waals surface area contributed by atoms with Crippen LogP contribution < -0.4 is 0 Å². The first kappa shape index (κ1) is 16.7. The summed E-state index contributed by atoms with van der Waals surface area (Å²) < 4.78 is 0. The van der Waals surface area contributed by atoms with Gasteiger partial charge in [0.1, 0.15) is 6.54 Å². The summed E-state index contributed by atoms with van der Waals surface area (Å²) in [5.41, 5.74) is 0.855. The van der Waals surface area contributed by atoms with Crippen LogP contribution >= 0.6 is 11.8 Å². The summed E-state index contributed by atoms with van der Waals surface area (Å²) in [6, 6.07) is 9.35. The van der Waals surface area contributed by atoms with Crippen molar-refractivity contribution in [2.24, 2.45) is 0 Å². The maximum Gasteiger partial charge on any atom is 0.294 e. The van der Waals surface area contributed by atoms with Gasteiger partial charge < -0.3 is 9.80 Å². The Morgan fingerprint density at radius 2 is 1.79 bits per heavy atom. The first-order valence-electron chi connectivity index (χ1n) is 7.81. The van der Waals surface area contributed by atoms with E-state index < -0.39 is 5.91 Å². The third kappa shape index (κ3) is 3.68. The second-order valence-corrected chi connectivity index (χ2v) is 6.86. The number of amides is 3. The van der Waals surface area contributed by atoms with E-state index in [-0.39, 0.29) is 17.7 Å². The van der Waals surface area contributed by atoms with Crippen molar-refractivity contribution in [3.05, 3.63) is 40.8 Å². The van der Waals surface area contributed by atoms with Gasteiger partial charge in [0.15, 0.2) is 0 Å². The highest BCUT2D eigenvalue weighted by molar-refractivity contribution is 8.18. The zero-order valence-corrected chi connectivity index (χ0v) is 14.3. The highest BCUT2D eigenvalue weighted by Gasteiger charge is 2.37. The van der Waals surface area contributed by atoms with E-state index in [4.69, 9.17) is 0 Å². The van der Waals surface area contributed by atoms with E-state index in [0.29, 0.717) is 18.0 Å². The fourth-order valence-corrected chi connectivity index (χ4v) is 3.47. The minimum absolute atomic E-state index is 0.175. The van der Waals surface area contributed by atoms with E-state index in [2.05, 4.69) is 4.90 Å². The van der Waals surface area contributed by atoms with Crippen LogP contribution in [0.5, 0.6) is 0 Å². The van der Waals surface area contributed by atoms with Gasteiger partial charge in [-0.1, -0.05) is 30.3 Å². The molecule has 1 aromatic rings. The fourth-order valence-electron chi connectivity index (χ4n) is 2.63. The molecule has 3 rings (SSSR count). The van der Waals surface area contributed by atoms with E-state index in [9.17, 15) is 14.4 Å². The van der Waals surface area contributed by atoms with Crippen molar-refractivity contribution in [1.82, 2.24) is 14.7 Å². The summed E-state index contributed by atoms with van der Waals surface area (Å²) >= 11 is 0.885. The van der Waals surface area contributed by atoms with Crippen molar-refractivity contribution in [3.63, 3.8) is 0 Å². The molecule has 6 nitrogen and oxygen atoms in total. The Kier molecular flexibility index (Phi) is 5.01. The molecule has 0 radical (unpaired) electrons. The minimum atomic E-state index is -0.392. The maximum absolute atomic E-state index is 12.4. The maximum atomic E-state index is 12.4. The van der Waals surface area contributed by atoms with Gasteiger partial charge in [0, 0.05) is 26.2 Å². The third-order valence-corrected chi connectivity index (χ3v) is 5.03. The summed E-state index contributed by atoms with van der Waals surface area (Å²) in [5.74, 6) is -0.567. The zero-order chi connectivity index (χ0) is 17.1. The summed E-state index contributed by atoms with van der Waals surface area (Å²) in [6.07, 6.45) is 1.69. The van der Waals surface area contributed by atoms with Gasteiger partial charge in [0.2, 0.25) is 5.91 Å². The molecule has 0 unspecified atom stereocenters. The Morgan fingerprint density at radius 3 is 2.46 bits per heavy atom. The number of carbonyl (C=O) groups is 3. The first-order valence-corrected chi connectivity index (χ1v) is 8.63. The second-order valence-electron chi connectivity index (χ2n) is 5.86. The van der Waals surface area contributed by atoms with Crippen LogP contribution in [0.25, 0.3) is 6.08 Å². The molecule has 0 saturated carbocycles. The molecule has 2 aliphatic heterocycles. The number of piperazine rings is 1. The van der Waals surface area contributed by atoms with E-state index in [0.717, 1.165) is 35.3 Å². The fraction of sp³-hybridized carbons (Fsp3) is 0.353. The number of imide groups is 1. The monoisotopic (exact) mass is 345 g/mol. The lowest BCUT2D eigenvalue weighted by molar-refractivity contribution is -0.137. The molecule has 0 bridgehead atoms.